The number of amides is 1. The van der Waals surface area contributed by atoms with Gasteiger partial charge >= 0.3 is 6.09 Å². The first kappa shape index (κ1) is 28.0. The summed E-state index contributed by atoms with van der Waals surface area (Å²) in [5.74, 6) is 0.618. The van der Waals surface area contributed by atoms with Crippen molar-refractivity contribution in [3.05, 3.63) is 115 Å². The Morgan fingerprint density at radius 1 is 0.860 bits per heavy atom. The number of aromatic nitrogens is 3. The van der Waals surface area contributed by atoms with E-state index in [1.165, 1.54) is 0 Å². The molecule has 0 saturated carbocycles. The van der Waals surface area contributed by atoms with E-state index in [1.54, 1.807) is 6.20 Å². The smallest absolute Gasteiger partial charge is 0.408 e. The first-order valence-electron chi connectivity index (χ1n) is 14.4. The molecule has 216 valence electrons. The Balaban J connectivity index is 1.21. The van der Waals surface area contributed by atoms with E-state index in [0.29, 0.717) is 12.2 Å². The summed E-state index contributed by atoms with van der Waals surface area (Å²) in [5.41, 5.74) is 5.50. The van der Waals surface area contributed by atoms with Crippen molar-refractivity contribution in [2.75, 3.05) is 6.61 Å². The lowest BCUT2D eigenvalue weighted by Crippen LogP contribution is -2.43. The standard InChI is InChI=1S/C36H34N4O3/c1-36(2,3)43-35(41)40-30(16-29-21-38-33-12-8-7-11-32(29)33)23-42-31-17-28(19-37-22-31)25-13-14-26-20-39-34(18-27(26)15-25)24-9-5-4-6-10-24/h4-15,17-22,30,38H,16,23H2,1-3H3,(H,40,41). The number of hydrogen-bond acceptors (Lipinski definition) is 5. The lowest BCUT2D eigenvalue weighted by atomic mass is 10.0. The normalized spacial score (nSPS) is 12.3. The number of carbonyl (C=O) groups is 1. The number of H-pyrrole nitrogens is 1. The van der Waals surface area contributed by atoms with Crippen molar-refractivity contribution in [2.24, 2.45) is 0 Å². The summed E-state index contributed by atoms with van der Waals surface area (Å²) in [5, 5.41) is 6.28. The molecule has 2 N–H and O–H groups in total. The molecule has 6 rings (SSSR count). The fourth-order valence-corrected chi connectivity index (χ4v) is 5.13. The summed E-state index contributed by atoms with van der Waals surface area (Å²) in [6, 6.07) is 28.3. The number of hydrogen-bond donors (Lipinski definition) is 2. The maximum absolute atomic E-state index is 12.7. The third-order valence-electron chi connectivity index (χ3n) is 7.15. The molecule has 6 aromatic rings. The fraction of sp³-hybridized carbons (Fsp3) is 0.194. The molecule has 3 aromatic heterocycles. The van der Waals surface area contributed by atoms with Gasteiger partial charge in [0.15, 0.2) is 0 Å². The molecule has 0 bridgehead atoms. The number of ether oxygens (including phenoxy) is 2. The lowest BCUT2D eigenvalue weighted by molar-refractivity contribution is 0.0488. The van der Waals surface area contributed by atoms with E-state index >= 15 is 0 Å². The van der Waals surface area contributed by atoms with Gasteiger partial charge in [-0.3, -0.25) is 9.97 Å². The number of nitrogens with zero attached hydrogens (tertiary/aromatic N) is 2. The highest BCUT2D eigenvalue weighted by Gasteiger charge is 2.21. The Hall–Kier alpha value is -5.17. The zero-order valence-corrected chi connectivity index (χ0v) is 24.5. The van der Waals surface area contributed by atoms with Gasteiger partial charge < -0.3 is 19.8 Å². The molecule has 0 aliphatic rings. The Morgan fingerprint density at radius 3 is 2.51 bits per heavy atom. The minimum absolute atomic E-state index is 0.244. The van der Waals surface area contributed by atoms with Crippen LogP contribution in [0.25, 0.3) is 44.1 Å². The molecule has 1 unspecified atom stereocenters. The molecule has 1 amide bonds. The Morgan fingerprint density at radius 2 is 1.67 bits per heavy atom. The predicted octanol–water partition coefficient (Wildman–Crippen LogP) is 7.96. The molecule has 0 fully saturated rings. The summed E-state index contributed by atoms with van der Waals surface area (Å²) < 4.78 is 11.8. The van der Waals surface area contributed by atoms with E-state index in [2.05, 4.69) is 62.7 Å². The molecular weight excluding hydrogens is 536 g/mol. The van der Waals surface area contributed by atoms with Gasteiger partial charge in [0, 0.05) is 46.0 Å². The average Bonchev–Trinajstić information content (AvgIpc) is 3.41. The Bertz CT molecular complexity index is 1880. The molecule has 7 heteroatoms. The first-order chi connectivity index (χ1) is 20.8. The molecule has 3 heterocycles. The SMILES string of the molecule is CC(C)(C)OC(=O)NC(COc1cncc(-c2ccc3cnc(-c4ccccc4)cc3c2)c1)Cc1c[nH]c2ccccc12. The molecule has 3 aromatic carbocycles. The first-order valence-corrected chi connectivity index (χ1v) is 14.4. The number of carbonyl (C=O) groups excluding carboxylic acids is 1. The van der Waals surface area contributed by atoms with Crippen LogP contribution in [0.5, 0.6) is 5.75 Å². The number of rotatable bonds is 8. The van der Waals surface area contributed by atoms with E-state index < -0.39 is 11.7 Å². The number of pyridine rings is 2. The highest BCUT2D eigenvalue weighted by molar-refractivity contribution is 5.89. The predicted molar refractivity (Wildman–Crippen MR) is 171 cm³/mol. The van der Waals surface area contributed by atoms with Crippen LogP contribution in [0.1, 0.15) is 26.3 Å². The maximum atomic E-state index is 12.7. The van der Waals surface area contributed by atoms with E-state index in [4.69, 9.17) is 9.47 Å². The number of aromatic amines is 1. The van der Waals surface area contributed by atoms with Crippen molar-refractivity contribution in [2.45, 2.75) is 38.8 Å². The van der Waals surface area contributed by atoms with Gasteiger partial charge in [0.2, 0.25) is 0 Å². The van der Waals surface area contributed by atoms with Crippen LogP contribution in [0.15, 0.2) is 110 Å². The van der Waals surface area contributed by atoms with Crippen molar-refractivity contribution in [1.82, 2.24) is 20.3 Å². The molecule has 0 radical (unpaired) electrons. The number of nitrogens with one attached hydrogen (secondary N) is 2. The Kier molecular flexibility index (Phi) is 7.79. The molecular formula is C36H34N4O3. The van der Waals surface area contributed by atoms with Gasteiger partial charge in [-0.25, -0.2) is 4.79 Å². The molecule has 0 spiro atoms. The molecule has 0 aliphatic heterocycles. The van der Waals surface area contributed by atoms with Gasteiger partial charge in [-0.2, -0.15) is 0 Å². The highest BCUT2D eigenvalue weighted by atomic mass is 16.6. The molecule has 43 heavy (non-hydrogen) atoms. The van der Waals surface area contributed by atoms with Gasteiger partial charge in [-0.15, -0.1) is 0 Å². The number of alkyl carbamates (subject to hydrolysis) is 1. The minimum atomic E-state index is -0.605. The van der Waals surface area contributed by atoms with E-state index in [9.17, 15) is 4.79 Å². The van der Waals surface area contributed by atoms with Crippen molar-refractivity contribution in [3.8, 4) is 28.1 Å². The molecule has 1 atom stereocenters. The van der Waals surface area contributed by atoms with Gasteiger partial charge in [-0.05, 0) is 68.0 Å². The topological polar surface area (TPSA) is 89.1 Å². The summed E-state index contributed by atoms with van der Waals surface area (Å²) >= 11 is 0. The second-order valence-corrected chi connectivity index (χ2v) is 11.6. The van der Waals surface area contributed by atoms with E-state index in [-0.39, 0.29) is 12.6 Å². The van der Waals surface area contributed by atoms with E-state index in [0.717, 1.165) is 49.6 Å². The third-order valence-corrected chi connectivity index (χ3v) is 7.15. The second-order valence-electron chi connectivity index (χ2n) is 11.6. The highest BCUT2D eigenvalue weighted by Crippen LogP contribution is 2.29. The van der Waals surface area contributed by atoms with E-state index in [1.807, 2.05) is 81.8 Å². The van der Waals surface area contributed by atoms with Crippen LogP contribution in [-0.4, -0.2) is 39.3 Å². The van der Waals surface area contributed by atoms with Crippen LogP contribution in [0, 0.1) is 0 Å². The number of fused-ring (bicyclic) bond motifs is 2. The van der Waals surface area contributed by atoms with Crippen LogP contribution in [0.2, 0.25) is 0 Å². The maximum Gasteiger partial charge on any atom is 0.408 e. The monoisotopic (exact) mass is 570 g/mol. The van der Waals surface area contributed by atoms with Crippen LogP contribution in [0.4, 0.5) is 4.79 Å². The third kappa shape index (κ3) is 6.84. The van der Waals surface area contributed by atoms with Gasteiger partial charge in [0.05, 0.1) is 17.9 Å². The van der Waals surface area contributed by atoms with Gasteiger partial charge in [0.25, 0.3) is 0 Å². The summed E-state index contributed by atoms with van der Waals surface area (Å²) in [7, 11) is 0. The summed E-state index contributed by atoms with van der Waals surface area (Å²) in [4.78, 5) is 25.1. The Labute approximate surface area is 250 Å². The van der Waals surface area contributed by atoms with Crippen molar-refractivity contribution >= 4 is 27.8 Å². The van der Waals surface area contributed by atoms with Crippen molar-refractivity contribution in [1.29, 1.82) is 0 Å². The second kappa shape index (κ2) is 12.0. The van der Waals surface area contributed by atoms with Crippen molar-refractivity contribution < 1.29 is 14.3 Å². The van der Waals surface area contributed by atoms with Gasteiger partial charge in [0.1, 0.15) is 18.0 Å². The number of benzene rings is 3. The zero-order valence-electron chi connectivity index (χ0n) is 24.5. The summed E-state index contributed by atoms with van der Waals surface area (Å²) in [6.45, 7) is 5.79. The van der Waals surface area contributed by atoms with Crippen LogP contribution in [-0.2, 0) is 11.2 Å². The van der Waals surface area contributed by atoms with Crippen molar-refractivity contribution in [3.63, 3.8) is 0 Å². The molecule has 0 aliphatic carbocycles. The fourth-order valence-electron chi connectivity index (χ4n) is 5.13. The quantitative estimate of drug-likeness (QED) is 0.194. The summed E-state index contributed by atoms with van der Waals surface area (Å²) in [6.07, 6.45) is 7.50. The minimum Gasteiger partial charge on any atom is -0.490 e. The molecule has 0 saturated heterocycles. The largest absolute Gasteiger partial charge is 0.490 e. The van der Waals surface area contributed by atoms with Crippen LogP contribution < -0.4 is 10.1 Å². The molecule has 7 nitrogen and oxygen atoms in total. The van der Waals surface area contributed by atoms with Crippen LogP contribution in [0.3, 0.4) is 0 Å². The van der Waals surface area contributed by atoms with Crippen LogP contribution >= 0.6 is 0 Å². The van der Waals surface area contributed by atoms with Gasteiger partial charge in [-0.1, -0.05) is 60.7 Å². The zero-order chi connectivity index (χ0) is 29.8. The average molecular weight is 571 g/mol. The number of para-hydroxylation sites is 1. The lowest BCUT2D eigenvalue weighted by Gasteiger charge is -2.24.